The Morgan fingerprint density at radius 1 is 1.05 bits per heavy atom. The van der Waals surface area contributed by atoms with Gasteiger partial charge in [-0.1, -0.05) is 23.7 Å². The van der Waals surface area contributed by atoms with Gasteiger partial charge in [0.25, 0.3) is 0 Å². The molecule has 1 aromatic heterocycles. The first kappa shape index (κ1) is 14.0. The molecule has 6 heteroatoms. The minimum Gasteiger partial charge on any atom is -0.398 e. The Balaban J connectivity index is 1.85. The van der Waals surface area contributed by atoms with Crippen molar-refractivity contribution >= 4 is 45.8 Å². The average molecular weight is 317 g/mol. The summed E-state index contributed by atoms with van der Waals surface area (Å²) in [7, 11) is 0. The molecular weight excluding hydrogens is 304 g/mol. The molecule has 0 spiro atoms. The van der Waals surface area contributed by atoms with Gasteiger partial charge in [0.05, 0.1) is 11.3 Å². The van der Waals surface area contributed by atoms with Crippen molar-refractivity contribution in [2.75, 3.05) is 11.5 Å². The van der Waals surface area contributed by atoms with Crippen molar-refractivity contribution in [1.82, 2.24) is 9.97 Å². The maximum atomic E-state index is 5.97. The summed E-state index contributed by atoms with van der Waals surface area (Å²) in [4.78, 5) is 9.82. The summed E-state index contributed by atoms with van der Waals surface area (Å²) in [5.74, 6) is 1.78. The van der Waals surface area contributed by atoms with Crippen molar-refractivity contribution < 1.29 is 0 Å². The smallest absolute Gasteiger partial charge is 0.141 e. The summed E-state index contributed by atoms with van der Waals surface area (Å²) in [5.41, 5.74) is 13.4. The Morgan fingerprint density at radius 3 is 2.67 bits per heavy atom. The van der Waals surface area contributed by atoms with Crippen LogP contribution in [0.25, 0.3) is 10.9 Å². The van der Waals surface area contributed by atoms with Gasteiger partial charge in [-0.05, 0) is 30.3 Å². The van der Waals surface area contributed by atoms with Crippen molar-refractivity contribution in [3.8, 4) is 0 Å². The van der Waals surface area contributed by atoms with Crippen molar-refractivity contribution in [2.24, 2.45) is 0 Å². The molecule has 0 unspecified atom stereocenters. The third kappa shape index (κ3) is 3.04. The molecule has 3 aromatic rings. The molecule has 4 nitrogen and oxygen atoms in total. The molecule has 0 fully saturated rings. The van der Waals surface area contributed by atoms with Crippen LogP contribution in [0.15, 0.2) is 47.4 Å². The van der Waals surface area contributed by atoms with Gasteiger partial charge in [0.1, 0.15) is 11.6 Å². The molecule has 2 aromatic carbocycles. The second-order valence-electron chi connectivity index (χ2n) is 4.51. The van der Waals surface area contributed by atoms with Gasteiger partial charge >= 0.3 is 0 Å². The Morgan fingerprint density at radius 2 is 1.86 bits per heavy atom. The Kier molecular flexibility index (Phi) is 3.86. The van der Waals surface area contributed by atoms with Crippen molar-refractivity contribution in [3.63, 3.8) is 0 Å². The van der Waals surface area contributed by atoms with Crippen LogP contribution in [0.1, 0.15) is 5.82 Å². The van der Waals surface area contributed by atoms with Gasteiger partial charge in [-0.2, -0.15) is 0 Å². The highest BCUT2D eigenvalue weighted by molar-refractivity contribution is 7.98. The Labute approximate surface area is 131 Å². The first-order valence-corrected chi connectivity index (χ1v) is 7.69. The molecule has 0 radical (unpaired) electrons. The van der Waals surface area contributed by atoms with E-state index in [0.717, 1.165) is 15.8 Å². The molecule has 21 heavy (non-hydrogen) atoms. The fourth-order valence-electron chi connectivity index (χ4n) is 2.01. The van der Waals surface area contributed by atoms with Crippen LogP contribution in [0.2, 0.25) is 5.02 Å². The van der Waals surface area contributed by atoms with Crippen LogP contribution in [-0.4, -0.2) is 9.97 Å². The molecule has 4 N–H and O–H groups in total. The van der Waals surface area contributed by atoms with E-state index in [1.54, 1.807) is 17.8 Å². The van der Waals surface area contributed by atoms with Crippen molar-refractivity contribution in [3.05, 3.63) is 53.3 Å². The van der Waals surface area contributed by atoms with E-state index >= 15 is 0 Å². The number of halogens is 1. The van der Waals surface area contributed by atoms with Crippen LogP contribution in [-0.2, 0) is 5.75 Å². The number of hydrogen-bond donors (Lipinski definition) is 2. The van der Waals surface area contributed by atoms with Gasteiger partial charge in [0.2, 0.25) is 0 Å². The van der Waals surface area contributed by atoms with E-state index in [-0.39, 0.29) is 0 Å². The zero-order chi connectivity index (χ0) is 14.8. The summed E-state index contributed by atoms with van der Waals surface area (Å²) >= 11 is 7.45. The van der Waals surface area contributed by atoms with E-state index in [4.69, 9.17) is 23.1 Å². The predicted molar refractivity (Wildman–Crippen MR) is 89.4 cm³/mol. The highest BCUT2D eigenvalue weighted by Crippen LogP contribution is 2.30. The van der Waals surface area contributed by atoms with Gasteiger partial charge in [0, 0.05) is 21.0 Å². The van der Waals surface area contributed by atoms with Crippen LogP contribution >= 0.6 is 23.4 Å². The molecule has 106 valence electrons. The molecule has 3 rings (SSSR count). The first-order valence-electron chi connectivity index (χ1n) is 6.32. The average Bonchev–Trinajstić information content (AvgIpc) is 2.46. The van der Waals surface area contributed by atoms with Crippen molar-refractivity contribution in [2.45, 2.75) is 10.6 Å². The van der Waals surface area contributed by atoms with E-state index in [1.165, 1.54) is 0 Å². The fourth-order valence-corrected chi connectivity index (χ4v) is 2.99. The van der Waals surface area contributed by atoms with Crippen LogP contribution in [0.4, 0.5) is 11.5 Å². The summed E-state index contributed by atoms with van der Waals surface area (Å²) in [6.07, 6.45) is 0. The molecule has 0 amide bonds. The lowest BCUT2D eigenvalue weighted by molar-refractivity contribution is 1.08. The summed E-state index contributed by atoms with van der Waals surface area (Å²) in [5, 5.41) is 1.50. The fraction of sp³-hybridized carbons (Fsp3) is 0.0667. The quantitative estimate of drug-likeness (QED) is 0.568. The third-order valence-electron chi connectivity index (χ3n) is 3.01. The van der Waals surface area contributed by atoms with E-state index < -0.39 is 0 Å². The summed E-state index contributed by atoms with van der Waals surface area (Å²) in [6, 6.07) is 13.1. The summed E-state index contributed by atoms with van der Waals surface area (Å²) < 4.78 is 0. The van der Waals surface area contributed by atoms with Gasteiger partial charge < -0.3 is 11.5 Å². The minimum atomic E-state index is 0.500. The van der Waals surface area contributed by atoms with E-state index in [9.17, 15) is 0 Å². The largest absolute Gasteiger partial charge is 0.398 e. The van der Waals surface area contributed by atoms with Crippen LogP contribution < -0.4 is 11.5 Å². The number of benzene rings is 2. The Hall–Kier alpha value is -1.98. The van der Waals surface area contributed by atoms with E-state index in [0.29, 0.717) is 28.1 Å². The second-order valence-corrected chi connectivity index (χ2v) is 5.97. The van der Waals surface area contributed by atoms with E-state index in [1.807, 2.05) is 36.4 Å². The SMILES string of the molecule is Nc1cc(Cl)ccc1SCc1nc(N)c2ccccc2n1. The number of nitrogens with two attached hydrogens (primary N) is 2. The number of thioether (sulfide) groups is 1. The lowest BCUT2D eigenvalue weighted by Crippen LogP contribution is -2.00. The number of rotatable bonds is 3. The van der Waals surface area contributed by atoms with Crippen LogP contribution in [0.5, 0.6) is 0 Å². The third-order valence-corrected chi connectivity index (χ3v) is 4.33. The van der Waals surface area contributed by atoms with Crippen molar-refractivity contribution in [1.29, 1.82) is 0 Å². The molecule has 0 atom stereocenters. The van der Waals surface area contributed by atoms with Gasteiger partial charge in [-0.25, -0.2) is 9.97 Å². The predicted octanol–water partition coefficient (Wildman–Crippen LogP) is 3.74. The molecule has 0 saturated carbocycles. The number of para-hydroxylation sites is 1. The van der Waals surface area contributed by atoms with Crippen LogP contribution in [0.3, 0.4) is 0 Å². The molecule has 1 heterocycles. The maximum Gasteiger partial charge on any atom is 0.141 e. The molecular formula is C15H13ClN4S. The van der Waals surface area contributed by atoms with Gasteiger partial charge in [-0.15, -0.1) is 11.8 Å². The lowest BCUT2D eigenvalue weighted by Gasteiger charge is -2.07. The summed E-state index contributed by atoms with van der Waals surface area (Å²) in [6.45, 7) is 0. The maximum absolute atomic E-state index is 5.97. The molecule has 0 saturated heterocycles. The number of hydrogen-bond acceptors (Lipinski definition) is 5. The number of aromatic nitrogens is 2. The topological polar surface area (TPSA) is 77.8 Å². The highest BCUT2D eigenvalue weighted by Gasteiger charge is 2.07. The first-order chi connectivity index (χ1) is 10.1. The highest BCUT2D eigenvalue weighted by atomic mass is 35.5. The molecule has 0 aliphatic carbocycles. The zero-order valence-corrected chi connectivity index (χ0v) is 12.7. The minimum absolute atomic E-state index is 0.500. The molecule has 0 aliphatic rings. The normalized spacial score (nSPS) is 10.9. The molecule has 0 aliphatic heterocycles. The standard InChI is InChI=1S/C15H13ClN4S/c16-9-5-6-13(11(17)7-9)21-8-14-19-12-4-2-1-3-10(12)15(18)20-14/h1-7H,8,17H2,(H2,18,19,20). The zero-order valence-electron chi connectivity index (χ0n) is 11.1. The number of anilines is 2. The number of nitrogens with zero attached hydrogens (tertiary/aromatic N) is 2. The molecule has 0 bridgehead atoms. The number of nitrogen functional groups attached to an aromatic ring is 2. The van der Waals surface area contributed by atoms with Gasteiger partial charge in [0.15, 0.2) is 0 Å². The number of fused-ring (bicyclic) bond motifs is 1. The Bertz CT molecular complexity index is 807. The van der Waals surface area contributed by atoms with Crippen LogP contribution in [0, 0.1) is 0 Å². The lowest BCUT2D eigenvalue weighted by atomic mass is 10.2. The van der Waals surface area contributed by atoms with E-state index in [2.05, 4.69) is 9.97 Å². The van der Waals surface area contributed by atoms with Gasteiger partial charge in [-0.3, -0.25) is 0 Å². The monoisotopic (exact) mass is 316 g/mol. The second kappa shape index (κ2) is 5.79.